The van der Waals surface area contributed by atoms with Crippen LogP contribution in [0.5, 0.6) is 11.6 Å². The third-order valence-corrected chi connectivity index (χ3v) is 4.58. The van der Waals surface area contributed by atoms with Crippen LogP contribution in [0.3, 0.4) is 0 Å². The van der Waals surface area contributed by atoms with E-state index in [0.717, 1.165) is 0 Å². The summed E-state index contributed by atoms with van der Waals surface area (Å²) < 4.78 is 37.1. The van der Waals surface area contributed by atoms with Gasteiger partial charge in [0.25, 0.3) is 10.0 Å². The maximum atomic E-state index is 12.6. The first-order valence-electron chi connectivity index (χ1n) is 7.34. The zero-order valence-electron chi connectivity index (χ0n) is 14.3. The summed E-state index contributed by atoms with van der Waals surface area (Å²) in [5, 5.41) is 2.17. The summed E-state index contributed by atoms with van der Waals surface area (Å²) >= 11 is 5.77. The number of aryl methyl sites for hydroxylation is 1. The minimum absolute atomic E-state index is 0.00339. The normalized spacial score (nSPS) is 10.6. The van der Waals surface area contributed by atoms with Crippen molar-refractivity contribution in [1.29, 1.82) is 0 Å². The number of carbonyl (C=O) groups excluding carboxylic acids is 1. The molecule has 0 spiro atoms. The van der Waals surface area contributed by atoms with E-state index in [1.54, 1.807) is 13.0 Å². The number of halogens is 1. The van der Waals surface area contributed by atoms with Crippen LogP contribution in [-0.4, -0.2) is 38.1 Å². The topological polar surface area (TPSA) is 120 Å². The van der Waals surface area contributed by atoms with Gasteiger partial charge in [-0.2, -0.15) is 4.98 Å². The monoisotopic (exact) mass is 410 g/mol. The van der Waals surface area contributed by atoms with E-state index in [0.29, 0.717) is 5.56 Å². The summed E-state index contributed by atoms with van der Waals surface area (Å²) in [4.78, 5) is 19.4. The third-order valence-electron chi connectivity index (χ3n) is 3.03. The molecule has 0 radical (unpaired) electrons. The van der Waals surface area contributed by atoms with Crippen LogP contribution in [0, 0.1) is 19.3 Å². The summed E-state index contributed by atoms with van der Waals surface area (Å²) in [6.45, 7) is 1.56. The number of sulfonamides is 1. The quantitative estimate of drug-likeness (QED) is 0.551. The van der Waals surface area contributed by atoms with Crippen LogP contribution in [0.2, 0.25) is 5.15 Å². The molecule has 0 saturated carbocycles. The minimum atomic E-state index is -4.26. The van der Waals surface area contributed by atoms with Gasteiger partial charge >= 0.3 is 6.03 Å². The van der Waals surface area contributed by atoms with Crippen LogP contribution in [0.25, 0.3) is 0 Å². The smallest absolute Gasteiger partial charge is 0.335 e. The van der Waals surface area contributed by atoms with Crippen molar-refractivity contribution in [2.45, 2.75) is 11.8 Å². The molecule has 0 saturated heterocycles. The van der Waals surface area contributed by atoms with Crippen LogP contribution in [0.15, 0.2) is 29.2 Å². The number of nitrogens with zero attached hydrogens (tertiary/aromatic N) is 2. The molecular weight excluding hydrogens is 396 g/mol. The van der Waals surface area contributed by atoms with E-state index in [4.69, 9.17) is 27.5 Å². The number of carbonyl (C=O) groups is 1. The first kappa shape index (κ1) is 20.3. The molecular formula is C16H15ClN4O5S. The molecule has 2 rings (SSSR count). The van der Waals surface area contributed by atoms with Gasteiger partial charge < -0.3 is 9.47 Å². The first-order chi connectivity index (χ1) is 12.7. The fraction of sp³-hybridized carbons (Fsp3) is 0.188. The maximum absolute atomic E-state index is 12.6. The predicted octanol–water partition coefficient (Wildman–Crippen LogP) is 1.97. The number of amides is 2. The Bertz CT molecular complexity index is 1000. The fourth-order valence-corrected chi connectivity index (χ4v) is 3.24. The molecule has 2 amide bonds. The first-order valence-corrected chi connectivity index (χ1v) is 9.20. The van der Waals surface area contributed by atoms with Crippen LogP contribution in [-0.2, 0) is 10.0 Å². The number of anilines is 1. The molecule has 0 fully saturated rings. The molecule has 0 aliphatic carbocycles. The lowest BCUT2D eigenvalue weighted by atomic mass is 10.2. The van der Waals surface area contributed by atoms with Gasteiger partial charge in [0.05, 0.1) is 7.11 Å². The SMILES string of the molecule is C#CCOc1ccc(C)cc1S(=O)(=O)NC(=O)Nc1nc(Cl)cc(OC)n1. The van der Waals surface area contributed by atoms with Crippen molar-refractivity contribution in [3.63, 3.8) is 0 Å². The maximum Gasteiger partial charge on any atom is 0.335 e. The van der Waals surface area contributed by atoms with Gasteiger partial charge in [-0.3, -0.25) is 5.32 Å². The Kier molecular flexibility index (Phi) is 6.44. The van der Waals surface area contributed by atoms with Crippen LogP contribution >= 0.6 is 11.6 Å². The number of nitrogens with one attached hydrogen (secondary N) is 2. The predicted molar refractivity (Wildman–Crippen MR) is 98.4 cm³/mol. The summed E-state index contributed by atoms with van der Waals surface area (Å²) in [6, 6.07) is 4.67. The number of hydrogen-bond acceptors (Lipinski definition) is 7. The van der Waals surface area contributed by atoms with E-state index in [9.17, 15) is 13.2 Å². The molecule has 2 aromatic rings. The zero-order chi connectivity index (χ0) is 20.0. The van der Waals surface area contributed by atoms with Crippen molar-refractivity contribution in [1.82, 2.24) is 14.7 Å². The number of hydrogen-bond donors (Lipinski definition) is 2. The molecule has 11 heteroatoms. The Morgan fingerprint density at radius 1 is 1.33 bits per heavy atom. The second kappa shape index (κ2) is 8.57. The van der Waals surface area contributed by atoms with Gasteiger partial charge in [0, 0.05) is 6.07 Å². The third kappa shape index (κ3) is 5.47. The molecule has 0 atom stereocenters. The molecule has 1 aromatic heterocycles. The van der Waals surface area contributed by atoms with E-state index in [2.05, 4.69) is 21.2 Å². The molecule has 142 valence electrons. The number of terminal acetylenes is 1. The Balaban J connectivity index is 2.23. The second-order valence-corrected chi connectivity index (χ2v) is 7.10. The van der Waals surface area contributed by atoms with Gasteiger partial charge in [-0.25, -0.2) is 22.9 Å². The Morgan fingerprint density at radius 2 is 2.07 bits per heavy atom. The van der Waals surface area contributed by atoms with E-state index < -0.39 is 16.1 Å². The highest BCUT2D eigenvalue weighted by atomic mass is 35.5. The molecule has 0 aliphatic heterocycles. The molecule has 1 heterocycles. The largest absolute Gasteiger partial charge is 0.481 e. The number of ether oxygens (including phenoxy) is 2. The number of methoxy groups -OCH3 is 1. The van der Waals surface area contributed by atoms with Gasteiger partial charge in [-0.05, 0) is 24.6 Å². The van der Waals surface area contributed by atoms with E-state index in [1.807, 2.05) is 4.72 Å². The van der Waals surface area contributed by atoms with Crippen molar-refractivity contribution in [2.75, 3.05) is 19.0 Å². The fourth-order valence-electron chi connectivity index (χ4n) is 1.93. The Hall–Kier alpha value is -3.03. The van der Waals surface area contributed by atoms with Crippen LogP contribution in [0.4, 0.5) is 10.7 Å². The van der Waals surface area contributed by atoms with Crippen molar-refractivity contribution in [3.8, 4) is 24.0 Å². The van der Waals surface area contributed by atoms with Crippen LogP contribution < -0.4 is 19.5 Å². The number of urea groups is 1. The molecule has 1 aromatic carbocycles. The lowest BCUT2D eigenvalue weighted by Crippen LogP contribution is -2.35. The Morgan fingerprint density at radius 3 is 2.74 bits per heavy atom. The van der Waals surface area contributed by atoms with Gasteiger partial charge in [-0.1, -0.05) is 23.6 Å². The average Bonchev–Trinajstić information content (AvgIpc) is 2.59. The molecule has 0 aliphatic rings. The van der Waals surface area contributed by atoms with Gasteiger partial charge in [0.15, 0.2) is 0 Å². The van der Waals surface area contributed by atoms with E-state index in [1.165, 1.54) is 25.3 Å². The summed E-state index contributed by atoms with van der Waals surface area (Å²) in [5.41, 5.74) is 0.645. The highest BCUT2D eigenvalue weighted by Gasteiger charge is 2.23. The Labute approximate surface area is 161 Å². The zero-order valence-corrected chi connectivity index (χ0v) is 15.9. The van der Waals surface area contributed by atoms with E-state index in [-0.39, 0.29) is 34.2 Å². The number of rotatable bonds is 6. The van der Waals surface area contributed by atoms with Crippen molar-refractivity contribution >= 4 is 33.6 Å². The van der Waals surface area contributed by atoms with Crippen LogP contribution in [0.1, 0.15) is 5.56 Å². The lowest BCUT2D eigenvalue weighted by molar-refractivity contribution is 0.256. The summed E-state index contributed by atoms with van der Waals surface area (Å²) in [5.74, 6) is 2.11. The molecule has 0 bridgehead atoms. The molecule has 9 nitrogen and oxygen atoms in total. The molecule has 0 unspecified atom stereocenters. The lowest BCUT2D eigenvalue weighted by Gasteiger charge is -2.12. The second-order valence-electron chi connectivity index (χ2n) is 5.06. The highest BCUT2D eigenvalue weighted by molar-refractivity contribution is 7.90. The van der Waals surface area contributed by atoms with Gasteiger partial charge in [0.2, 0.25) is 11.8 Å². The minimum Gasteiger partial charge on any atom is -0.481 e. The number of aromatic nitrogens is 2. The van der Waals surface area contributed by atoms with Gasteiger partial charge in [0.1, 0.15) is 22.4 Å². The standard InChI is InChI=1S/C16H15ClN4O5S/c1-4-7-26-11-6-5-10(2)8-12(11)27(23,24)21-16(22)20-15-18-13(17)9-14(19-15)25-3/h1,5-6,8-9H,7H2,2-3H3,(H2,18,19,20,21,22). The van der Waals surface area contributed by atoms with Crippen molar-refractivity contribution in [3.05, 3.63) is 35.0 Å². The van der Waals surface area contributed by atoms with Crippen molar-refractivity contribution < 1.29 is 22.7 Å². The highest BCUT2D eigenvalue weighted by Crippen LogP contribution is 2.25. The summed E-state index contributed by atoms with van der Waals surface area (Å²) in [7, 11) is -2.91. The summed E-state index contributed by atoms with van der Waals surface area (Å²) in [6.07, 6.45) is 5.13. The molecule has 27 heavy (non-hydrogen) atoms. The molecule has 2 N–H and O–H groups in total. The average molecular weight is 411 g/mol. The van der Waals surface area contributed by atoms with Crippen molar-refractivity contribution in [2.24, 2.45) is 0 Å². The number of benzene rings is 1. The van der Waals surface area contributed by atoms with Gasteiger partial charge in [-0.15, -0.1) is 6.42 Å². The van der Waals surface area contributed by atoms with E-state index >= 15 is 0 Å².